The third-order valence-electron chi connectivity index (χ3n) is 4.89. The Kier molecular flexibility index (Phi) is 5.60. The molecule has 0 bridgehead atoms. The number of hydrogen-bond donors (Lipinski definition) is 1. The first-order valence-electron chi connectivity index (χ1n) is 9.17. The molecule has 146 valence electrons. The van der Waals surface area contributed by atoms with Gasteiger partial charge in [-0.1, -0.05) is 29.3 Å². The fourth-order valence-electron chi connectivity index (χ4n) is 3.40. The molecule has 7 heteroatoms. The lowest BCUT2D eigenvalue weighted by atomic mass is 9.88. The third-order valence-corrected chi connectivity index (χ3v) is 5.53. The number of aromatic nitrogens is 2. The maximum atomic E-state index is 12.3. The van der Waals surface area contributed by atoms with Crippen LogP contribution in [0.5, 0.6) is 0 Å². The number of hydrogen-bond acceptors (Lipinski definition) is 4. The van der Waals surface area contributed by atoms with Gasteiger partial charge in [-0.25, -0.2) is 4.98 Å². The summed E-state index contributed by atoms with van der Waals surface area (Å²) in [7, 11) is 0. The number of ketones is 1. The van der Waals surface area contributed by atoms with Crippen LogP contribution in [0.4, 0.5) is 0 Å². The summed E-state index contributed by atoms with van der Waals surface area (Å²) in [6, 6.07) is 9.19. The molecular weight excluding hydrogens is 409 g/mol. The second-order valence-corrected chi connectivity index (χ2v) is 7.72. The molecule has 3 aromatic rings. The van der Waals surface area contributed by atoms with Crippen molar-refractivity contribution in [1.82, 2.24) is 15.3 Å². The number of rotatable bonds is 4. The summed E-state index contributed by atoms with van der Waals surface area (Å²) < 4.78 is 0. The minimum atomic E-state index is -0.345. The van der Waals surface area contributed by atoms with Gasteiger partial charge >= 0.3 is 0 Å². The number of halogens is 2. The number of fused-ring (bicyclic) bond motifs is 1. The second kappa shape index (κ2) is 8.31. The van der Waals surface area contributed by atoms with Gasteiger partial charge in [-0.15, -0.1) is 0 Å². The van der Waals surface area contributed by atoms with Gasteiger partial charge in [0.1, 0.15) is 11.5 Å². The van der Waals surface area contributed by atoms with Crippen LogP contribution >= 0.6 is 23.2 Å². The zero-order valence-electron chi connectivity index (χ0n) is 15.4. The van der Waals surface area contributed by atoms with E-state index in [1.165, 1.54) is 6.20 Å². The first-order chi connectivity index (χ1) is 14.0. The molecule has 2 aromatic heterocycles. The zero-order chi connectivity index (χ0) is 20.4. The zero-order valence-corrected chi connectivity index (χ0v) is 16.9. The summed E-state index contributed by atoms with van der Waals surface area (Å²) in [4.78, 5) is 32.3. The molecule has 29 heavy (non-hydrogen) atoms. The molecule has 1 N–H and O–H groups in total. The number of carbonyl (C=O) groups excluding carboxylic acids is 2. The Morgan fingerprint density at radius 2 is 1.93 bits per heavy atom. The van der Waals surface area contributed by atoms with Gasteiger partial charge in [0.15, 0.2) is 0 Å². The Hall–Kier alpha value is -2.76. The molecule has 0 aliphatic heterocycles. The molecule has 0 radical (unpaired) electrons. The summed E-state index contributed by atoms with van der Waals surface area (Å²) in [5.41, 5.74) is 4.90. The van der Waals surface area contributed by atoms with E-state index in [0.717, 1.165) is 27.8 Å². The normalized spacial score (nSPS) is 13.1. The summed E-state index contributed by atoms with van der Waals surface area (Å²) in [6.07, 6.45) is 6.63. The molecule has 0 saturated heterocycles. The minimum absolute atomic E-state index is 0.189. The standard InChI is InChI=1S/C22H17Cl2N3O2/c23-19-2-1-5-26-21(19)22(29)27-11-13-6-16(12-25-10-13)15-7-14-3-4-17(28)9-18(14)20(24)8-15/h1-2,5-8,10,12H,3-4,9,11H2,(H,27,29). The van der Waals surface area contributed by atoms with Crippen LogP contribution < -0.4 is 5.32 Å². The molecular formula is C22H17Cl2N3O2. The maximum Gasteiger partial charge on any atom is 0.271 e. The number of carbonyl (C=O) groups is 2. The Balaban J connectivity index is 1.54. The first-order valence-corrected chi connectivity index (χ1v) is 9.93. The molecule has 1 aliphatic rings. The van der Waals surface area contributed by atoms with E-state index in [1.807, 2.05) is 12.1 Å². The lowest BCUT2D eigenvalue weighted by molar-refractivity contribution is -0.118. The number of aryl methyl sites for hydroxylation is 1. The van der Waals surface area contributed by atoms with E-state index in [-0.39, 0.29) is 17.4 Å². The van der Waals surface area contributed by atoms with Crippen molar-refractivity contribution in [3.8, 4) is 11.1 Å². The van der Waals surface area contributed by atoms with Gasteiger partial charge in [0.25, 0.3) is 5.91 Å². The Labute approximate surface area is 178 Å². The lowest BCUT2D eigenvalue weighted by Gasteiger charge is -2.18. The SMILES string of the molecule is O=C1CCc2cc(-c3cncc(CNC(=O)c4ncccc4Cl)c3)cc(Cl)c2C1. The van der Waals surface area contributed by atoms with Crippen LogP contribution in [-0.4, -0.2) is 21.7 Å². The molecule has 4 rings (SSSR count). The topological polar surface area (TPSA) is 72.0 Å². The van der Waals surface area contributed by atoms with Gasteiger partial charge in [-0.3, -0.25) is 14.6 Å². The number of Topliss-reactive ketones (excluding diaryl/α,β-unsaturated/α-hetero) is 1. The van der Waals surface area contributed by atoms with E-state index >= 15 is 0 Å². The van der Waals surface area contributed by atoms with Crippen LogP contribution in [0.1, 0.15) is 33.6 Å². The summed E-state index contributed by atoms with van der Waals surface area (Å²) in [6.45, 7) is 0.291. The predicted molar refractivity (Wildman–Crippen MR) is 112 cm³/mol. The fourth-order valence-corrected chi connectivity index (χ4v) is 3.91. The van der Waals surface area contributed by atoms with Crippen molar-refractivity contribution < 1.29 is 9.59 Å². The van der Waals surface area contributed by atoms with Crippen LogP contribution in [-0.2, 0) is 24.2 Å². The first kappa shape index (κ1) is 19.6. The highest BCUT2D eigenvalue weighted by Gasteiger charge is 2.19. The van der Waals surface area contributed by atoms with Crippen molar-refractivity contribution in [2.24, 2.45) is 0 Å². The highest BCUT2D eigenvalue weighted by molar-refractivity contribution is 6.33. The smallest absolute Gasteiger partial charge is 0.271 e. The van der Waals surface area contributed by atoms with Gasteiger partial charge in [0, 0.05) is 48.6 Å². The van der Waals surface area contributed by atoms with Gasteiger partial charge in [-0.2, -0.15) is 0 Å². The number of nitrogens with one attached hydrogen (secondary N) is 1. The third kappa shape index (κ3) is 4.31. The average Bonchev–Trinajstić information content (AvgIpc) is 2.73. The Morgan fingerprint density at radius 3 is 2.76 bits per heavy atom. The van der Waals surface area contributed by atoms with E-state index in [1.54, 1.807) is 24.5 Å². The molecule has 5 nitrogen and oxygen atoms in total. The van der Waals surface area contributed by atoms with Crippen LogP contribution in [0.25, 0.3) is 11.1 Å². The van der Waals surface area contributed by atoms with Gasteiger partial charge < -0.3 is 5.32 Å². The highest BCUT2D eigenvalue weighted by atomic mass is 35.5. The number of pyridine rings is 2. The van der Waals surface area contributed by atoms with Crippen molar-refractivity contribution in [2.75, 3.05) is 0 Å². The van der Waals surface area contributed by atoms with Crippen molar-refractivity contribution in [1.29, 1.82) is 0 Å². The largest absolute Gasteiger partial charge is 0.347 e. The molecule has 0 saturated carbocycles. The molecule has 0 atom stereocenters. The molecule has 0 spiro atoms. The lowest BCUT2D eigenvalue weighted by Crippen LogP contribution is -2.24. The summed E-state index contributed by atoms with van der Waals surface area (Å²) >= 11 is 12.5. The van der Waals surface area contributed by atoms with E-state index in [0.29, 0.717) is 35.9 Å². The molecule has 2 heterocycles. The fraction of sp³-hybridized carbons (Fsp3) is 0.182. The van der Waals surface area contributed by atoms with E-state index in [4.69, 9.17) is 23.2 Å². The second-order valence-electron chi connectivity index (χ2n) is 6.91. The Bertz CT molecular complexity index is 1110. The minimum Gasteiger partial charge on any atom is -0.347 e. The van der Waals surface area contributed by atoms with E-state index < -0.39 is 0 Å². The van der Waals surface area contributed by atoms with E-state index in [2.05, 4.69) is 21.4 Å². The molecule has 0 fully saturated rings. The summed E-state index contributed by atoms with van der Waals surface area (Å²) in [5, 5.41) is 3.72. The quantitative estimate of drug-likeness (QED) is 0.670. The number of amides is 1. The van der Waals surface area contributed by atoms with Crippen LogP contribution in [0.3, 0.4) is 0 Å². The Morgan fingerprint density at radius 1 is 1.07 bits per heavy atom. The molecule has 0 unspecified atom stereocenters. The van der Waals surface area contributed by atoms with Crippen molar-refractivity contribution in [2.45, 2.75) is 25.8 Å². The van der Waals surface area contributed by atoms with Gasteiger partial charge in [0.05, 0.1) is 5.02 Å². The van der Waals surface area contributed by atoms with E-state index in [9.17, 15) is 9.59 Å². The van der Waals surface area contributed by atoms with Crippen LogP contribution in [0, 0.1) is 0 Å². The molecule has 1 aliphatic carbocycles. The average molecular weight is 426 g/mol. The van der Waals surface area contributed by atoms with Gasteiger partial charge in [-0.05, 0) is 52.9 Å². The highest BCUT2D eigenvalue weighted by Crippen LogP contribution is 2.32. The summed E-state index contributed by atoms with van der Waals surface area (Å²) in [5.74, 6) is -0.123. The van der Waals surface area contributed by atoms with Gasteiger partial charge in [0.2, 0.25) is 0 Å². The van der Waals surface area contributed by atoms with Crippen molar-refractivity contribution in [3.05, 3.63) is 81.4 Å². The molecule has 1 amide bonds. The van der Waals surface area contributed by atoms with Crippen molar-refractivity contribution in [3.63, 3.8) is 0 Å². The van der Waals surface area contributed by atoms with Crippen LogP contribution in [0.15, 0.2) is 48.9 Å². The number of benzene rings is 1. The van der Waals surface area contributed by atoms with Crippen LogP contribution in [0.2, 0.25) is 10.0 Å². The van der Waals surface area contributed by atoms with Crippen molar-refractivity contribution >= 4 is 34.9 Å². The number of nitrogens with zero attached hydrogens (tertiary/aromatic N) is 2. The maximum absolute atomic E-state index is 12.3. The molecule has 1 aromatic carbocycles. The predicted octanol–water partition coefficient (Wildman–Crippen LogP) is 4.44. The monoisotopic (exact) mass is 425 g/mol.